The van der Waals surface area contributed by atoms with Gasteiger partial charge in [-0.15, -0.1) is 0 Å². The summed E-state index contributed by atoms with van der Waals surface area (Å²) in [7, 11) is 0. The second kappa shape index (κ2) is 3.27. The maximum atomic E-state index is 10.5. The van der Waals surface area contributed by atoms with Crippen LogP contribution in [0, 0.1) is 0 Å². The van der Waals surface area contributed by atoms with Crippen molar-refractivity contribution >= 4 is 5.97 Å². The molecular formula is C9H16O4. The van der Waals surface area contributed by atoms with Crippen molar-refractivity contribution in [1.29, 1.82) is 0 Å². The van der Waals surface area contributed by atoms with Crippen LogP contribution in [-0.2, 0) is 9.53 Å². The van der Waals surface area contributed by atoms with E-state index in [2.05, 4.69) is 0 Å². The molecule has 0 amide bonds. The third kappa shape index (κ3) is 2.97. The lowest BCUT2D eigenvalue weighted by molar-refractivity contribution is -0.163. The van der Waals surface area contributed by atoms with E-state index < -0.39 is 17.2 Å². The lowest BCUT2D eigenvalue weighted by Gasteiger charge is -2.40. The first-order valence-corrected chi connectivity index (χ1v) is 4.41. The number of hydrogen-bond donors (Lipinski definition) is 2. The number of carboxylic acids is 1. The molecule has 1 saturated heterocycles. The van der Waals surface area contributed by atoms with Gasteiger partial charge in [-0.1, -0.05) is 0 Å². The summed E-state index contributed by atoms with van der Waals surface area (Å²) in [6, 6.07) is 0. The number of hydrogen-bond acceptors (Lipinski definition) is 3. The zero-order valence-electron chi connectivity index (χ0n) is 8.04. The SMILES string of the molecule is CC1(C)C[C@@](O)(CC(=O)O)CCO1. The van der Waals surface area contributed by atoms with Gasteiger partial charge >= 0.3 is 5.97 Å². The quantitative estimate of drug-likeness (QED) is 0.672. The molecule has 4 nitrogen and oxygen atoms in total. The van der Waals surface area contributed by atoms with Crippen LogP contribution in [0.25, 0.3) is 0 Å². The fourth-order valence-electron chi connectivity index (χ4n) is 1.88. The fourth-order valence-corrected chi connectivity index (χ4v) is 1.88. The molecule has 0 bridgehead atoms. The highest BCUT2D eigenvalue weighted by atomic mass is 16.5. The molecule has 0 spiro atoms. The molecule has 1 atom stereocenters. The highest BCUT2D eigenvalue weighted by Crippen LogP contribution is 2.33. The Morgan fingerprint density at radius 1 is 1.54 bits per heavy atom. The third-order valence-electron chi connectivity index (χ3n) is 2.30. The van der Waals surface area contributed by atoms with Crippen molar-refractivity contribution in [3.63, 3.8) is 0 Å². The van der Waals surface area contributed by atoms with Crippen molar-refractivity contribution in [3.8, 4) is 0 Å². The summed E-state index contributed by atoms with van der Waals surface area (Å²) < 4.78 is 5.39. The number of carboxylic acid groups (broad SMARTS) is 1. The molecule has 1 heterocycles. The van der Waals surface area contributed by atoms with E-state index >= 15 is 0 Å². The van der Waals surface area contributed by atoms with Crippen molar-refractivity contribution < 1.29 is 19.7 Å². The molecule has 1 aliphatic heterocycles. The van der Waals surface area contributed by atoms with Crippen molar-refractivity contribution in [2.75, 3.05) is 6.61 Å². The van der Waals surface area contributed by atoms with Gasteiger partial charge in [0.25, 0.3) is 0 Å². The first-order chi connectivity index (χ1) is 5.83. The van der Waals surface area contributed by atoms with Crippen molar-refractivity contribution in [1.82, 2.24) is 0 Å². The second-order valence-corrected chi connectivity index (χ2v) is 4.33. The third-order valence-corrected chi connectivity index (χ3v) is 2.30. The molecule has 0 aromatic heterocycles. The molecule has 0 aliphatic carbocycles. The fraction of sp³-hybridized carbons (Fsp3) is 0.889. The summed E-state index contributed by atoms with van der Waals surface area (Å²) in [5.41, 5.74) is -1.50. The van der Waals surface area contributed by atoms with E-state index in [0.717, 1.165) is 0 Å². The molecule has 0 radical (unpaired) electrons. The lowest BCUT2D eigenvalue weighted by atomic mass is 9.82. The molecule has 76 valence electrons. The first-order valence-electron chi connectivity index (χ1n) is 4.41. The van der Waals surface area contributed by atoms with E-state index in [1.54, 1.807) is 0 Å². The normalized spacial score (nSPS) is 32.8. The zero-order chi connectivity index (χ0) is 10.1. The summed E-state index contributed by atoms with van der Waals surface area (Å²) in [6.45, 7) is 4.15. The van der Waals surface area contributed by atoms with Gasteiger partial charge in [0.2, 0.25) is 0 Å². The van der Waals surface area contributed by atoms with Gasteiger partial charge in [0.15, 0.2) is 0 Å². The molecular weight excluding hydrogens is 172 g/mol. The Labute approximate surface area is 77.5 Å². The van der Waals surface area contributed by atoms with Gasteiger partial charge in [0, 0.05) is 12.8 Å². The predicted molar refractivity (Wildman–Crippen MR) is 46.5 cm³/mol. The van der Waals surface area contributed by atoms with E-state index in [-0.39, 0.29) is 6.42 Å². The Morgan fingerprint density at radius 2 is 2.15 bits per heavy atom. The van der Waals surface area contributed by atoms with Gasteiger partial charge in [0.05, 0.1) is 24.2 Å². The number of aliphatic hydroxyl groups is 1. The Balaban J connectivity index is 2.63. The monoisotopic (exact) mass is 188 g/mol. The Kier molecular flexibility index (Phi) is 2.63. The molecule has 0 aromatic carbocycles. The summed E-state index contributed by atoms with van der Waals surface area (Å²) in [6.07, 6.45) is 0.592. The summed E-state index contributed by atoms with van der Waals surface area (Å²) in [4.78, 5) is 10.5. The minimum atomic E-state index is -1.09. The van der Waals surface area contributed by atoms with Crippen molar-refractivity contribution in [2.45, 2.75) is 44.3 Å². The van der Waals surface area contributed by atoms with Gasteiger partial charge in [-0.25, -0.2) is 0 Å². The molecule has 0 unspecified atom stereocenters. The minimum Gasteiger partial charge on any atom is -0.481 e. The van der Waals surface area contributed by atoms with Crippen LogP contribution in [0.1, 0.15) is 33.1 Å². The summed E-state index contributed by atoms with van der Waals surface area (Å²) in [5, 5.41) is 18.5. The Bertz CT molecular complexity index is 212. The topological polar surface area (TPSA) is 66.8 Å². The van der Waals surface area contributed by atoms with Crippen LogP contribution in [0.2, 0.25) is 0 Å². The van der Waals surface area contributed by atoms with Crippen LogP contribution in [0.3, 0.4) is 0 Å². The molecule has 0 aromatic rings. The Hall–Kier alpha value is -0.610. The van der Waals surface area contributed by atoms with Gasteiger partial charge < -0.3 is 14.9 Å². The predicted octanol–water partition coefficient (Wildman–Crippen LogP) is 0.781. The largest absolute Gasteiger partial charge is 0.481 e. The molecule has 4 heteroatoms. The van der Waals surface area contributed by atoms with Gasteiger partial charge in [0.1, 0.15) is 0 Å². The van der Waals surface area contributed by atoms with Crippen LogP contribution in [0.4, 0.5) is 0 Å². The van der Waals surface area contributed by atoms with E-state index in [4.69, 9.17) is 9.84 Å². The number of aliphatic carboxylic acids is 1. The van der Waals surface area contributed by atoms with Gasteiger partial charge in [-0.05, 0) is 13.8 Å². The molecule has 2 N–H and O–H groups in total. The summed E-state index contributed by atoms with van der Waals surface area (Å²) in [5.74, 6) is -0.958. The molecule has 13 heavy (non-hydrogen) atoms. The van der Waals surface area contributed by atoms with Crippen LogP contribution >= 0.6 is 0 Å². The standard InChI is InChI=1S/C9H16O4/c1-8(2)6-9(12,3-4-13-8)5-7(10)11/h12H,3-6H2,1-2H3,(H,10,11)/t9-/m0/s1. The zero-order valence-corrected chi connectivity index (χ0v) is 8.04. The molecule has 1 rings (SSSR count). The number of carbonyl (C=O) groups is 1. The highest BCUT2D eigenvalue weighted by Gasteiger charge is 2.40. The lowest BCUT2D eigenvalue weighted by Crippen LogP contribution is -2.46. The molecule has 0 saturated carbocycles. The van der Waals surface area contributed by atoms with Crippen LogP contribution in [0.15, 0.2) is 0 Å². The van der Waals surface area contributed by atoms with Crippen LogP contribution in [0.5, 0.6) is 0 Å². The second-order valence-electron chi connectivity index (χ2n) is 4.33. The molecule has 1 fully saturated rings. The average Bonchev–Trinajstić information content (AvgIpc) is 1.79. The van der Waals surface area contributed by atoms with Crippen molar-refractivity contribution in [2.24, 2.45) is 0 Å². The van der Waals surface area contributed by atoms with Crippen LogP contribution in [-0.4, -0.2) is 34.0 Å². The van der Waals surface area contributed by atoms with E-state index in [1.165, 1.54) is 0 Å². The van der Waals surface area contributed by atoms with Gasteiger partial charge in [-0.2, -0.15) is 0 Å². The smallest absolute Gasteiger partial charge is 0.306 e. The average molecular weight is 188 g/mol. The van der Waals surface area contributed by atoms with E-state index in [1.807, 2.05) is 13.8 Å². The summed E-state index contributed by atoms with van der Waals surface area (Å²) >= 11 is 0. The Morgan fingerprint density at radius 3 is 2.62 bits per heavy atom. The first kappa shape index (κ1) is 10.5. The number of rotatable bonds is 2. The van der Waals surface area contributed by atoms with E-state index in [9.17, 15) is 9.90 Å². The maximum absolute atomic E-state index is 10.5. The minimum absolute atomic E-state index is 0.195. The van der Waals surface area contributed by atoms with Gasteiger partial charge in [-0.3, -0.25) is 4.79 Å². The maximum Gasteiger partial charge on any atom is 0.306 e. The molecule has 1 aliphatic rings. The van der Waals surface area contributed by atoms with E-state index in [0.29, 0.717) is 19.4 Å². The number of ether oxygens (including phenoxy) is 1. The van der Waals surface area contributed by atoms with Crippen LogP contribution < -0.4 is 0 Å². The highest BCUT2D eigenvalue weighted by molar-refractivity contribution is 5.68. The van der Waals surface area contributed by atoms with Crippen molar-refractivity contribution in [3.05, 3.63) is 0 Å².